The molecule has 1 heterocycles. The van der Waals surface area contributed by atoms with Crippen LogP contribution in [0.3, 0.4) is 0 Å². The summed E-state index contributed by atoms with van der Waals surface area (Å²) < 4.78 is 10.6. The van der Waals surface area contributed by atoms with Crippen molar-refractivity contribution >= 4 is 23.4 Å². The first-order chi connectivity index (χ1) is 16.5. The van der Waals surface area contributed by atoms with E-state index in [1.807, 2.05) is 36.4 Å². The molecule has 2 amide bonds. The fourth-order valence-corrected chi connectivity index (χ4v) is 3.68. The van der Waals surface area contributed by atoms with Gasteiger partial charge in [-0.15, -0.1) is 0 Å². The monoisotopic (exact) mass is 461 g/mol. The maximum atomic E-state index is 12.4. The summed E-state index contributed by atoms with van der Waals surface area (Å²) in [5.74, 6) is 0.687. The number of piperazine rings is 1. The van der Waals surface area contributed by atoms with Crippen molar-refractivity contribution in [1.29, 1.82) is 0 Å². The lowest BCUT2D eigenvalue weighted by molar-refractivity contribution is 0.0941. The summed E-state index contributed by atoms with van der Waals surface area (Å²) in [7, 11) is 1.61. The molecule has 3 aromatic carbocycles. The van der Waals surface area contributed by atoms with Crippen LogP contribution in [0, 0.1) is 0 Å². The molecule has 34 heavy (non-hydrogen) atoms. The van der Waals surface area contributed by atoms with Crippen LogP contribution < -0.4 is 15.0 Å². The average Bonchev–Trinajstić information content (AvgIpc) is 2.89. The molecule has 0 atom stereocenters. The molecule has 1 aliphatic rings. The Hall–Kier alpha value is -4.20. The van der Waals surface area contributed by atoms with Gasteiger partial charge in [0.1, 0.15) is 18.1 Å². The van der Waals surface area contributed by atoms with Crippen molar-refractivity contribution in [2.24, 2.45) is 0 Å². The van der Waals surface area contributed by atoms with Crippen molar-refractivity contribution in [2.75, 3.05) is 43.5 Å². The van der Waals surface area contributed by atoms with E-state index in [1.54, 1.807) is 36.3 Å². The second-order valence-corrected chi connectivity index (χ2v) is 7.92. The Morgan fingerprint density at radius 2 is 1.53 bits per heavy atom. The van der Waals surface area contributed by atoms with Gasteiger partial charge in [0.2, 0.25) is 0 Å². The van der Waals surface area contributed by atoms with Crippen molar-refractivity contribution < 1.29 is 24.2 Å². The molecule has 0 bridgehead atoms. The zero-order valence-corrected chi connectivity index (χ0v) is 18.9. The van der Waals surface area contributed by atoms with Crippen LogP contribution in [0.5, 0.6) is 11.5 Å². The number of rotatable bonds is 6. The number of carbonyl (C=O) groups excluding carboxylic acids is 2. The SMILES string of the molecule is COc1ccc(COC(=O)N2CCN(c3ccc(C(=O)Nc4ccc(O)cc4)cc3)CC2)cc1. The topological polar surface area (TPSA) is 91.3 Å². The number of nitrogens with zero attached hydrogens (tertiary/aromatic N) is 2. The number of hydrogen-bond donors (Lipinski definition) is 2. The van der Waals surface area contributed by atoms with Gasteiger partial charge in [0.25, 0.3) is 5.91 Å². The second-order valence-electron chi connectivity index (χ2n) is 7.92. The maximum absolute atomic E-state index is 12.4. The highest BCUT2D eigenvalue weighted by Gasteiger charge is 2.22. The Balaban J connectivity index is 1.25. The van der Waals surface area contributed by atoms with Crippen molar-refractivity contribution in [3.63, 3.8) is 0 Å². The van der Waals surface area contributed by atoms with Gasteiger partial charge < -0.3 is 29.7 Å². The molecular formula is C26H27N3O5. The molecular weight excluding hydrogens is 434 g/mol. The molecule has 1 fully saturated rings. The van der Waals surface area contributed by atoms with E-state index in [9.17, 15) is 14.7 Å². The maximum Gasteiger partial charge on any atom is 0.410 e. The summed E-state index contributed by atoms with van der Waals surface area (Å²) in [5.41, 5.74) is 3.05. The third kappa shape index (κ3) is 5.78. The Labute approximate surface area is 198 Å². The van der Waals surface area contributed by atoms with Gasteiger partial charge in [-0.2, -0.15) is 0 Å². The number of carbonyl (C=O) groups is 2. The van der Waals surface area contributed by atoms with E-state index in [4.69, 9.17) is 9.47 Å². The van der Waals surface area contributed by atoms with E-state index in [1.165, 1.54) is 12.1 Å². The first-order valence-corrected chi connectivity index (χ1v) is 11.0. The number of phenolic OH excluding ortho intramolecular Hbond substituents is 1. The lowest BCUT2D eigenvalue weighted by Gasteiger charge is -2.35. The lowest BCUT2D eigenvalue weighted by Crippen LogP contribution is -2.48. The number of benzene rings is 3. The highest BCUT2D eigenvalue weighted by molar-refractivity contribution is 6.04. The number of aromatic hydroxyl groups is 1. The summed E-state index contributed by atoms with van der Waals surface area (Å²) in [6.07, 6.45) is -0.322. The van der Waals surface area contributed by atoms with Crippen LogP contribution in [0.2, 0.25) is 0 Å². The van der Waals surface area contributed by atoms with E-state index in [0.29, 0.717) is 37.4 Å². The van der Waals surface area contributed by atoms with Gasteiger partial charge in [0.15, 0.2) is 0 Å². The molecule has 0 aliphatic carbocycles. The third-order valence-electron chi connectivity index (χ3n) is 5.68. The van der Waals surface area contributed by atoms with E-state index in [-0.39, 0.29) is 24.4 Å². The molecule has 8 heteroatoms. The number of methoxy groups -OCH3 is 1. The molecule has 0 spiro atoms. The van der Waals surface area contributed by atoms with Crippen LogP contribution in [0.1, 0.15) is 15.9 Å². The van der Waals surface area contributed by atoms with Crippen molar-refractivity contribution in [3.05, 3.63) is 83.9 Å². The van der Waals surface area contributed by atoms with E-state index < -0.39 is 0 Å². The molecule has 0 aromatic heterocycles. The van der Waals surface area contributed by atoms with Crippen LogP contribution in [-0.4, -0.2) is 55.3 Å². The molecule has 176 valence electrons. The van der Waals surface area contributed by atoms with Crippen molar-refractivity contribution in [2.45, 2.75) is 6.61 Å². The van der Waals surface area contributed by atoms with Crippen molar-refractivity contribution in [1.82, 2.24) is 4.90 Å². The number of amides is 2. The largest absolute Gasteiger partial charge is 0.508 e. The Morgan fingerprint density at radius 3 is 2.15 bits per heavy atom. The third-order valence-corrected chi connectivity index (χ3v) is 5.68. The highest BCUT2D eigenvalue weighted by Crippen LogP contribution is 2.20. The summed E-state index contributed by atoms with van der Waals surface area (Å²) in [6, 6.07) is 21.1. The van der Waals surface area contributed by atoms with E-state index in [2.05, 4.69) is 10.2 Å². The average molecular weight is 462 g/mol. The quantitative estimate of drug-likeness (QED) is 0.537. The molecule has 0 saturated carbocycles. The highest BCUT2D eigenvalue weighted by atomic mass is 16.6. The summed E-state index contributed by atoms with van der Waals surface area (Å²) in [6.45, 7) is 2.69. The number of phenols is 1. The molecule has 4 rings (SSSR count). The Morgan fingerprint density at radius 1 is 0.882 bits per heavy atom. The molecule has 2 N–H and O–H groups in total. The Kier molecular flexibility index (Phi) is 7.17. The van der Waals surface area contributed by atoms with Gasteiger partial charge in [-0.25, -0.2) is 4.79 Å². The summed E-state index contributed by atoms with van der Waals surface area (Å²) in [4.78, 5) is 28.8. The second kappa shape index (κ2) is 10.6. The molecule has 1 saturated heterocycles. The first-order valence-electron chi connectivity index (χ1n) is 11.0. The normalized spacial score (nSPS) is 13.3. The number of anilines is 2. The predicted octanol–water partition coefficient (Wildman–Crippen LogP) is 4.11. The van der Waals surface area contributed by atoms with Crippen LogP contribution in [0.4, 0.5) is 16.2 Å². The summed E-state index contributed by atoms with van der Waals surface area (Å²) >= 11 is 0. The molecule has 0 radical (unpaired) electrons. The fourth-order valence-electron chi connectivity index (χ4n) is 3.68. The molecule has 1 aliphatic heterocycles. The van der Waals surface area contributed by atoms with Gasteiger partial charge >= 0.3 is 6.09 Å². The Bertz CT molecular complexity index is 1110. The number of ether oxygens (including phenoxy) is 2. The first kappa shape index (κ1) is 23.0. The van der Waals surface area contributed by atoms with Crippen LogP contribution in [0.15, 0.2) is 72.8 Å². The minimum atomic E-state index is -0.322. The van der Waals surface area contributed by atoms with Crippen LogP contribution in [-0.2, 0) is 11.3 Å². The minimum absolute atomic E-state index is 0.146. The molecule has 3 aromatic rings. The van der Waals surface area contributed by atoms with Crippen LogP contribution in [0.25, 0.3) is 0 Å². The van der Waals surface area contributed by atoms with E-state index in [0.717, 1.165) is 17.0 Å². The predicted molar refractivity (Wildman–Crippen MR) is 129 cm³/mol. The van der Waals surface area contributed by atoms with Crippen molar-refractivity contribution in [3.8, 4) is 11.5 Å². The van der Waals surface area contributed by atoms with Gasteiger partial charge in [-0.05, 0) is 66.2 Å². The van der Waals surface area contributed by atoms with E-state index >= 15 is 0 Å². The van der Waals surface area contributed by atoms with Gasteiger partial charge in [-0.3, -0.25) is 4.79 Å². The fraction of sp³-hybridized carbons (Fsp3) is 0.231. The smallest absolute Gasteiger partial charge is 0.410 e. The zero-order valence-electron chi connectivity index (χ0n) is 18.9. The summed E-state index contributed by atoms with van der Waals surface area (Å²) in [5, 5.41) is 12.2. The van der Waals surface area contributed by atoms with Crippen LogP contribution >= 0.6 is 0 Å². The zero-order chi connectivity index (χ0) is 23.9. The minimum Gasteiger partial charge on any atom is -0.508 e. The number of hydrogen-bond acceptors (Lipinski definition) is 6. The van der Waals surface area contributed by atoms with Gasteiger partial charge in [0.05, 0.1) is 7.11 Å². The lowest BCUT2D eigenvalue weighted by atomic mass is 10.1. The number of nitrogens with one attached hydrogen (secondary N) is 1. The standard InChI is InChI=1S/C26H27N3O5/c1-33-24-12-2-19(3-13-24)18-34-26(32)29-16-14-28(15-17-29)22-8-4-20(5-9-22)25(31)27-21-6-10-23(30)11-7-21/h2-13,30H,14-18H2,1H3,(H,27,31). The van der Waals surface area contributed by atoms with Gasteiger partial charge in [0, 0.05) is 43.1 Å². The molecule has 0 unspecified atom stereocenters. The van der Waals surface area contributed by atoms with Gasteiger partial charge in [-0.1, -0.05) is 12.1 Å². The molecule has 8 nitrogen and oxygen atoms in total.